The third-order valence-corrected chi connectivity index (χ3v) is 8.70. The van der Waals surface area contributed by atoms with Gasteiger partial charge in [-0.2, -0.15) is 0 Å². The average molecular weight is 501 g/mol. The number of hydrogen-bond donors (Lipinski definition) is 1. The first-order valence-corrected chi connectivity index (χ1v) is 13.6. The number of methoxy groups -OCH3 is 1. The number of carbonyl (C=O) groups excluding carboxylic acids is 1. The number of hydrogen-bond acceptors (Lipinski definition) is 4. The van der Waals surface area contributed by atoms with Crippen LogP contribution in [0.5, 0.6) is 5.75 Å². The standard InChI is InChI=1S/C32H40N2O3/c1-23(2)21-34(30(35)26-13-12-24-8-5-6-9-25(24)18-26)28-14-15-32(36)22-33(3)17-16-31(32,20-28)27-10-7-11-29(19-27)37-4/h5-13,18-19,23,28,36H,14-17,20-22H2,1-4H3/t28-,31+,32+/m1/s1. The number of carbonyl (C=O) groups is 1. The van der Waals surface area contributed by atoms with Gasteiger partial charge in [-0.3, -0.25) is 4.79 Å². The maximum atomic E-state index is 14.1. The van der Waals surface area contributed by atoms with Gasteiger partial charge in [0.25, 0.3) is 5.91 Å². The summed E-state index contributed by atoms with van der Waals surface area (Å²) in [6, 6.07) is 22.5. The number of piperidine rings is 1. The molecule has 1 amide bonds. The lowest BCUT2D eigenvalue weighted by atomic mass is 9.55. The normalized spacial score (nSPS) is 26.2. The predicted octanol–water partition coefficient (Wildman–Crippen LogP) is 5.50. The fraction of sp³-hybridized carbons (Fsp3) is 0.469. The number of benzene rings is 3. The number of amides is 1. The lowest BCUT2D eigenvalue weighted by Crippen LogP contribution is -2.67. The van der Waals surface area contributed by atoms with Crippen molar-refractivity contribution in [3.63, 3.8) is 0 Å². The number of rotatable bonds is 6. The van der Waals surface area contributed by atoms with Gasteiger partial charge in [-0.25, -0.2) is 0 Å². The summed E-state index contributed by atoms with van der Waals surface area (Å²) in [6.07, 6.45) is 3.06. The smallest absolute Gasteiger partial charge is 0.254 e. The molecule has 1 saturated heterocycles. The second kappa shape index (κ2) is 10.1. The van der Waals surface area contributed by atoms with Crippen molar-refractivity contribution in [1.82, 2.24) is 9.80 Å². The lowest BCUT2D eigenvalue weighted by molar-refractivity contribution is -0.129. The average Bonchev–Trinajstić information content (AvgIpc) is 2.90. The van der Waals surface area contributed by atoms with Gasteiger partial charge in [0, 0.05) is 30.1 Å². The van der Waals surface area contributed by atoms with Crippen LogP contribution in [-0.2, 0) is 5.41 Å². The first-order valence-electron chi connectivity index (χ1n) is 13.6. The maximum Gasteiger partial charge on any atom is 0.254 e. The highest BCUT2D eigenvalue weighted by Crippen LogP contribution is 2.53. The molecule has 0 aromatic heterocycles. The molecule has 5 heteroatoms. The first-order chi connectivity index (χ1) is 17.7. The molecule has 1 aliphatic carbocycles. The minimum atomic E-state index is -0.849. The van der Waals surface area contributed by atoms with Crippen molar-refractivity contribution < 1.29 is 14.6 Å². The Morgan fingerprint density at radius 3 is 2.62 bits per heavy atom. The molecule has 0 bridgehead atoms. The van der Waals surface area contributed by atoms with Crippen molar-refractivity contribution in [2.75, 3.05) is 33.8 Å². The molecule has 3 aromatic rings. The van der Waals surface area contributed by atoms with Gasteiger partial charge in [0.2, 0.25) is 0 Å². The van der Waals surface area contributed by atoms with Crippen molar-refractivity contribution in [2.45, 2.75) is 56.6 Å². The van der Waals surface area contributed by atoms with Crippen LogP contribution in [0.1, 0.15) is 55.5 Å². The monoisotopic (exact) mass is 500 g/mol. The molecular formula is C32H40N2O3. The fourth-order valence-electron chi connectivity index (χ4n) is 6.81. The molecule has 5 nitrogen and oxygen atoms in total. The quantitative estimate of drug-likeness (QED) is 0.485. The number of aliphatic hydroxyl groups is 1. The molecule has 3 aromatic carbocycles. The number of β-amino-alcohol motifs (C(OH)–C–C–N with tert-alkyl or cyclic N) is 1. The van der Waals surface area contributed by atoms with Crippen LogP contribution in [0, 0.1) is 5.92 Å². The van der Waals surface area contributed by atoms with Crippen molar-refractivity contribution in [3.8, 4) is 5.75 Å². The molecule has 1 saturated carbocycles. The molecule has 5 rings (SSSR count). The molecular weight excluding hydrogens is 460 g/mol. The number of nitrogens with zero attached hydrogens (tertiary/aromatic N) is 2. The van der Waals surface area contributed by atoms with Gasteiger partial charge < -0.3 is 19.6 Å². The van der Waals surface area contributed by atoms with Crippen LogP contribution in [0.3, 0.4) is 0 Å². The number of likely N-dealkylation sites (N-methyl/N-ethyl adjacent to an activating group) is 1. The summed E-state index contributed by atoms with van der Waals surface area (Å²) in [5.74, 6) is 1.24. The van der Waals surface area contributed by atoms with E-state index in [9.17, 15) is 9.90 Å². The van der Waals surface area contributed by atoms with E-state index in [0.29, 0.717) is 25.4 Å². The van der Waals surface area contributed by atoms with Gasteiger partial charge >= 0.3 is 0 Å². The second-order valence-electron chi connectivity index (χ2n) is 11.6. The van der Waals surface area contributed by atoms with Crippen LogP contribution in [0.15, 0.2) is 66.7 Å². The zero-order chi connectivity index (χ0) is 26.2. The minimum absolute atomic E-state index is 0.0521. The molecule has 0 spiro atoms. The van der Waals surface area contributed by atoms with E-state index < -0.39 is 11.0 Å². The highest BCUT2D eigenvalue weighted by Gasteiger charge is 2.58. The Morgan fingerprint density at radius 2 is 1.86 bits per heavy atom. The molecule has 1 heterocycles. The van der Waals surface area contributed by atoms with Crippen molar-refractivity contribution >= 4 is 16.7 Å². The molecule has 37 heavy (non-hydrogen) atoms. The zero-order valence-electron chi connectivity index (χ0n) is 22.6. The Labute approximate surface area is 221 Å². The summed E-state index contributed by atoms with van der Waals surface area (Å²) < 4.78 is 5.58. The zero-order valence-corrected chi connectivity index (χ0v) is 22.6. The number of fused-ring (bicyclic) bond motifs is 2. The van der Waals surface area contributed by atoms with Crippen LogP contribution < -0.4 is 4.74 Å². The van der Waals surface area contributed by atoms with E-state index in [2.05, 4.69) is 55.0 Å². The van der Waals surface area contributed by atoms with Crippen LogP contribution in [0.2, 0.25) is 0 Å². The third-order valence-electron chi connectivity index (χ3n) is 8.70. The van der Waals surface area contributed by atoms with Crippen LogP contribution in [0.25, 0.3) is 10.8 Å². The summed E-state index contributed by atoms with van der Waals surface area (Å²) in [5, 5.41) is 14.4. The molecule has 196 valence electrons. The molecule has 2 fully saturated rings. The highest BCUT2D eigenvalue weighted by molar-refractivity contribution is 5.98. The van der Waals surface area contributed by atoms with Gasteiger partial charge in [-0.05, 0) is 85.8 Å². The Kier molecular flexibility index (Phi) is 7.03. The van der Waals surface area contributed by atoms with E-state index in [-0.39, 0.29) is 11.9 Å². The largest absolute Gasteiger partial charge is 0.497 e. The van der Waals surface area contributed by atoms with Gasteiger partial charge in [0.1, 0.15) is 5.75 Å². The SMILES string of the molecule is COc1cccc([C@@]23CCN(C)C[C@@]2(O)CC[C@@H](N(CC(C)C)C(=O)c2ccc4ccccc4c2)C3)c1. The summed E-state index contributed by atoms with van der Waals surface area (Å²) in [4.78, 5) is 18.4. The first kappa shape index (κ1) is 25.7. The molecule has 0 unspecified atom stereocenters. The van der Waals surface area contributed by atoms with Crippen molar-refractivity contribution in [1.29, 1.82) is 0 Å². The molecule has 1 aliphatic heterocycles. The van der Waals surface area contributed by atoms with E-state index >= 15 is 0 Å². The maximum absolute atomic E-state index is 14.1. The van der Waals surface area contributed by atoms with Gasteiger partial charge in [0.15, 0.2) is 0 Å². The van der Waals surface area contributed by atoms with Gasteiger partial charge in [0.05, 0.1) is 12.7 Å². The number of likely N-dealkylation sites (tertiary alicyclic amines) is 1. The van der Waals surface area contributed by atoms with E-state index in [1.807, 2.05) is 42.5 Å². The van der Waals surface area contributed by atoms with E-state index in [0.717, 1.165) is 53.5 Å². The molecule has 1 N–H and O–H groups in total. The van der Waals surface area contributed by atoms with Crippen molar-refractivity contribution in [2.24, 2.45) is 5.92 Å². The Hall–Kier alpha value is -2.89. The van der Waals surface area contributed by atoms with Crippen LogP contribution in [-0.4, -0.2) is 66.2 Å². The van der Waals surface area contributed by atoms with E-state index in [1.165, 1.54) is 0 Å². The Morgan fingerprint density at radius 1 is 1.08 bits per heavy atom. The molecule has 0 radical (unpaired) electrons. The summed E-state index contributed by atoms with van der Waals surface area (Å²) >= 11 is 0. The van der Waals surface area contributed by atoms with Gasteiger partial charge in [-0.1, -0.05) is 56.3 Å². The lowest BCUT2D eigenvalue weighted by Gasteiger charge is -2.59. The Bertz CT molecular complexity index is 1270. The number of ether oxygens (including phenoxy) is 1. The Balaban J connectivity index is 1.53. The van der Waals surface area contributed by atoms with E-state index in [4.69, 9.17) is 4.74 Å². The third kappa shape index (κ3) is 4.75. The summed E-state index contributed by atoms with van der Waals surface area (Å²) in [6.45, 7) is 6.60. The molecule has 3 atom stereocenters. The topological polar surface area (TPSA) is 53.0 Å². The minimum Gasteiger partial charge on any atom is -0.497 e. The second-order valence-corrected chi connectivity index (χ2v) is 11.6. The van der Waals surface area contributed by atoms with Gasteiger partial charge in [-0.15, -0.1) is 0 Å². The fourth-order valence-corrected chi connectivity index (χ4v) is 6.81. The van der Waals surface area contributed by atoms with Crippen molar-refractivity contribution in [3.05, 3.63) is 77.9 Å². The van der Waals surface area contributed by atoms with Crippen LogP contribution in [0.4, 0.5) is 0 Å². The van der Waals surface area contributed by atoms with Crippen LogP contribution >= 0.6 is 0 Å². The highest BCUT2D eigenvalue weighted by atomic mass is 16.5. The predicted molar refractivity (Wildman–Crippen MR) is 149 cm³/mol. The summed E-state index contributed by atoms with van der Waals surface area (Å²) in [7, 11) is 3.78. The molecule has 2 aliphatic rings. The van der Waals surface area contributed by atoms with E-state index in [1.54, 1.807) is 7.11 Å². The summed E-state index contributed by atoms with van der Waals surface area (Å²) in [5.41, 5.74) is 0.572.